The molecular weight excluding hydrogens is 422 g/mol. The Morgan fingerprint density at radius 2 is 1.47 bits per heavy atom. The Bertz CT molecular complexity index is 1440. The lowest BCUT2D eigenvalue weighted by molar-refractivity contribution is 0.0684. The van der Waals surface area contributed by atoms with E-state index in [9.17, 15) is 14.4 Å². The fraction of sp³-hybridized carbons (Fsp3) is 0.120. The van der Waals surface area contributed by atoms with E-state index in [4.69, 9.17) is 4.98 Å². The van der Waals surface area contributed by atoms with E-state index >= 15 is 0 Å². The second-order valence-corrected chi connectivity index (χ2v) is 8.59. The van der Waals surface area contributed by atoms with Crippen molar-refractivity contribution < 1.29 is 9.59 Å². The van der Waals surface area contributed by atoms with Gasteiger partial charge in [-0.25, -0.2) is 4.98 Å². The predicted molar refractivity (Wildman–Crippen MR) is 124 cm³/mol. The van der Waals surface area contributed by atoms with Crippen LogP contribution in [0.3, 0.4) is 0 Å². The number of carbonyl (C=O) groups excluding carboxylic acids is 2. The number of thioether (sulfide) groups is 1. The van der Waals surface area contributed by atoms with Gasteiger partial charge in [0, 0.05) is 0 Å². The van der Waals surface area contributed by atoms with E-state index in [0.717, 1.165) is 11.1 Å². The van der Waals surface area contributed by atoms with E-state index in [1.807, 2.05) is 44.2 Å². The van der Waals surface area contributed by atoms with Gasteiger partial charge < -0.3 is 0 Å². The van der Waals surface area contributed by atoms with E-state index in [-0.39, 0.29) is 23.3 Å². The van der Waals surface area contributed by atoms with Crippen LogP contribution in [-0.4, -0.2) is 32.1 Å². The van der Waals surface area contributed by atoms with Gasteiger partial charge in [-0.05, 0) is 61.4 Å². The van der Waals surface area contributed by atoms with Crippen molar-refractivity contribution in [3.63, 3.8) is 0 Å². The first-order chi connectivity index (χ1) is 15.5. The monoisotopic (exact) mass is 441 g/mol. The molecule has 0 saturated heterocycles. The Kier molecular flexibility index (Phi) is 4.90. The number of hydrogen-bond acceptors (Lipinski definition) is 5. The quantitative estimate of drug-likeness (QED) is 0.268. The Morgan fingerprint density at radius 1 is 0.812 bits per heavy atom. The van der Waals surface area contributed by atoms with E-state index in [0.29, 0.717) is 32.9 Å². The number of nitrogens with zero attached hydrogens (tertiary/aromatic N) is 3. The van der Waals surface area contributed by atoms with Gasteiger partial charge in [-0.2, -0.15) is 0 Å². The molecule has 0 unspecified atom stereocenters. The van der Waals surface area contributed by atoms with Crippen LogP contribution in [0.4, 0.5) is 0 Å². The summed E-state index contributed by atoms with van der Waals surface area (Å²) >= 11 is 1.19. The average molecular weight is 442 g/mol. The SMILES string of the molecule is Cc1ccc(-n2c(SCN3C(=O)c4ccccc4C3=O)nc3ccccc3c2=O)cc1C. The van der Waals surface area contributed by atoms with E-state index in [2.05, 4.69) is 0 Å². The summed E-state index contributed by atoms with van der Waals surface area (Å²) in [6.07, 6.45) is 0. The first kappa shape index (κ1) is 20.2. The van der Waals surface area contributed by atoms with Gasteiger partial charge in [0.05, 0.1) is 33.6 Å². The van der Waals surface area contributed by atoms with Crippen LogP contribution in [0.5, 0.6) is 0 Å². The Balaban J connectivity index is 1.58. The highest BCUT2D eigenvalue weighted by molar-refractivity contribution is 7.99. The van der Waals surface area contributed by atoms with Gasteiger partial charge in [-0.3, -0.25) is 23.9 Å². The number of rotatable bonds is 4. The summed E-state index contributed by atoms with van der Waals surface area (Å²) in [5.74, 6) is -0.611. The number of para-hydroxylation sites is 1. The minimum absolute atomic E-state index is 0.0575. The van der Waals surface area contributed by atoms with Crippen molar-refractivity contribution in [2.24, 2.45) is 0 Å². The summed E-state index contributed by atoms with van der Waals surface area (Å²) in [7, 11) is 0. The molecule has 7 heteroatoms. The van der Waals surface area contributed by atoms with Crippen LogP contribution in [0.15, 0.2) is 76.7 Å². The molecule has 0 atom stereocenters. The van der Waals surface area contributed by atoms with Gasteiger partial charge in [0.15, 0.2) is 5.16 Å². The molecule has 0 spiro atoms. The summed E-state index contributed by atoms with van der Waals surface area (Å²) in [5.41, 5.74) is 4.05. The number of imide groups is 1. The fourth-order valence-electron chi connectivity index (χ4n) is 3.78. The normalized spacial score (nSPS) is 13.1. The molecule has 32 heavy (non-hydrogen) atoms. The Hall–Kier alpha value is -3.71. The molecule has 5 rings (SSSR count). The van der Waals surface area contributed by atoms with Crippen LogP contribution >= 0.6 is 11.8 Å². The number of benzene rings is 3. The first-order valence-electron chi connectivity index (χ1n) is 10.1. The molecular formula is C25H19N3O3S. The molecule has 0 saturated carbocycles. The van der Waals surface area contributed by atoms with Crippen LogP contribution in [0.2, 0.25) is 0 Å². The third-order valence-corrected chi connectivity index (χ3v) is 6.61. The lowest BCUT2D eigenvalue weighted by Crippen LogP contribution is -2.30. The van der Waals surface area contributed by atoms with Gasteiger partial charge in [0.1, 0.15) is 0 Å². The van der Waals surface area contributed by atoms with Crippen LogP contribution in [0, 0.1) is 13.8 Å². The summed E-state index contributed by atoms with van der Waals surface area (Å²) < 4.78 is 1.55. The first-order valence-corrected chi connectivity index (χ1v) is 11.1. The topological polar surface area (TPSA) is 72.3 Å². The molecule has 2 heterocycles. The zero-order chi connectivity index (χ0) is 22.4. The molecule has 1 aromatic heterocycles. The maximum atomic E-state index is 13.4. The van der Waals surface area contributed by atoms with Gasteiger partial charge in [0.2, 0.25) is 0 Å². The van der Waals surface area contributed by atoms with E-state index in [1.165, 1.54) is 16.7 Å². The van der Waals surface area contributed by atoms with Gasteiger partial charge in [0.25, 0.3) is 17.4 Å². The molecule has 2 amide bonds. The third kappa shape index (κ3) is 3.22. The zero-order valence-corrected chi connectivity index (χ0v) is 18.3. The van der Waals surface area contributed by atoms with Crippen molar-refractivity contribution >= 4 is 34.5 Å². The fourth-order valence-corrected chi connectivity index (χ4v) is 4.74. The number of carbonyl (C=O) groups is 2. The number of hydrogen-bond donors (Lipinski definition) is 0. The largest absolute Gasteiger partial charge is 0.269 e. The van der Waals surface area contributed by atoms with Crippen molar-refractivity contribution in [2.45, 2.75) is 19.0 Å². The summed E-state index contributed by atoms with van der Waals surface area (Å²) in [6, 6.07) is 19.7. The van der Waals surface area contributed by atoms with Crippen molar-refractivity contribution in [3.05, 3.63) is 99.3 Å². The highest BCUT2D eigenvalue weighted by atomic mass is 32.2. The molecule has 1 aliphatic heterocycles. The second kappa shape index (κ2) is 7.76. The average Bonchev–Trinajstić information content (AvgIpc) is 3.04. The predicted octanol–water partition coefficient (Wildman–Crippen LogP) is 4.35. The van der Waals surface area contributed by atoms with Gasteiger partial charge >= 0.3 is 0 Å². The smallest absolute Gasteiger partial charge is 0.266 e. The number of fused-ring (bicyclic) bond motifs is 2. The molecule has 0 aliphatic carbocycles. The minimum Gasteiger partial charge on any atom is -0.269 e. The molecule has 0 radical (unpaired) electrons. The summed E-state index contributed by atoms with van der Waals surface area (Å²) in [5, 5.41) is 0.935. The van der Waals surface area contributed by atoms with Crippen LogP contribution in [-0.2, 0) is 0 Å². The molecule has 6 nitrogen and oxygen atoms in total. The number of aromatic nitrogens is 2. The Labute approximate surface area is 188 Å². The van der Waals surface area contributed by atoms with E-state index in [1.54, 1.807) is 41.0 Å². The summed E-state index contributed by atoms with van der Waals surface area (Å²) in [4.78, 5) is 44.8. The van der Waals surface area contributed by atoms with E-state index < -0.39 is 0 Å². The van der Waals surface area contributed by atoms with Crippen LogP contribution in [0.1, 0.15) is 31.8 Å². The van der Waals surface area contributed by atoms with Gasteiger partial charge in [-0.15, -0.1) is 0 Å². The standard InChI is InChI=1S/C25H19N3O3S/c1-15-11-12-17(13-16(15)2)28-24(31)20-9-5-6-10-21(20)26-25(28)32-14-27-22(29)18-7-3-4-8-19(18)23(27)30/h3-13H,14H2,1-2H3. The lowest BCUT2D eigenvalue weighted by atomic mass is 10.1. The van der Waals surface area contributed by atoms with Crippen LogP contribution < -0.4 is 5.56 Å². The van der Waals surface area contributed by atoms with Crippen molar-refractivity contribution in [2.75, 3.05) is 5.88 Å². The lowest BCUT2D eigenvalue weighted by Gasteiger charge is -2.17. The van der Waals surface area contributed by atoms with Gasteiger partial charge in [-0.1, -0.05) is 42.1 Å². The number of amides is 2. The summed E-state index contributed by atoms with van der Waals surface area (Å²) in [6.45, 7) is 4.00. The highest BCUT2D eigenvalue weighted by Gasteiger charge is 2.35. The number of aryl methyl sites for hydroxylation is 2. The molecule has 0 N–H and O–H groups in total. The molecule has 4 aromatic rings. The molecule has 0 bridgehead atoms. The maximum Gasteiger partial charge on any atom is 0.266 e. The molecule has 0 fully saturated rings. The van der Waals surface area contributed by atoms with Crippen molar-refractivity contribution in [1.29, 1.82) is 0 Å². The highest BCUT2D eigenvalue weighted by Crippen LogP contribution is 2.28. The van der Waals surface area contributed by atoms with Crippen molar-refractivity contribution in [3.8, 4) is 5.69 Å². The molecule has 1 aliphatic rings. The zero-order valence-electron chi connectivity index (χ0n) is 17.5. The third-order valence-electron chi connectivity index (χ3n) is 5.69. The maximum absolute atomic E-state index is 13.4. The van der Waals surface area contributed by atoms with Crippen molar-refractivity contribution in [1.82, 2.24) is 14.5 Å². The molecule has 158 valence electrons. The second-order valence-electron chi connectivity index (χ2n) is 7.68. The minimum atomic E-state index is -0.334. The van der Waals surface area contributed by atoms with Crippen LogP contribution in [0.25, 0.3) is 16.6 Å². The molecule has 3 aromatic carbocycles. The Morgan fingerprint density at radius 3 is 2.16 bits per heavy atom.